The van der Waals surface area contributed by atoms with Crippen molar-refractivity contribution >= 4 is 7.51 Å². The molecule has 0 saturated heterocycles. The summed E-state index contributed by atoms with van der Waals surface area (Å²) in [6.07, 6.45) is 0. The van der Waals surface area contributed by atoms with Crippen molar-refractivity contribution in [3.05, 3.63) is 0 Å². The molecule has 0 aromatic rings. The normalized spacial score (nSPS) is 15.5. The summed E-state index contributed by atoms with van der Waals surface area (Å²) < 4.78 is 31.1. The minimum atomic E-state index is -3.79. The van der Waals surface area contributed by atoms with Gasteiger partial charge in [0, 0.05) is 0 Å². The van der Waals surface area contributed by atoms with Crippen LogP contribution in [0.4, 0.5) is 0 Å². The Kier molecular flexibility index (Phi) is 5.39. The molecule has 7 heteroatoms. The predicted octanol–water partition coefficient (Wildman–Crippen LogP) is 1.36. The summed E-state index contributed by atoms with van der Waals surface area (Å²) in [5, 5.41) is 0. The van der Waals surface area contributed by atoms with Crippen LogP contribution in [0.2, 0.25) is 0 Å². The fourth-order valence-electron chi connectivity index (χ4n) is 1.23. The molecule has 0 saturated carbocycles. The maximum absolute atomic E-state index is 5.23. The molecule has 6 nitrogen and oxygen atoms in total. The van der Waals surface area contributed by atoms with Crippen LogP contribution in [0.5, 0.6) is 0 Å². The number of rotatable bonds is 7. The molecule has 0 N–H and O–H groups in total. The molecular weight excluding hydrogens is 211 g/mol. The van der Waals surface area contributed by atoms with Crippen molar-refractivity contribution in [2.75, 3.05) is 42.7 Å². The molecule has 0 amide bonds. The number of hydrogen-bond acceptors (Lipinski definition) is 6. The van der Waals surface area contributed by atoms with E-state index >= 15 is 0 Å². The molecule has 0 aliphatic rings. The minimum absolute atomic E-state index is 0.856. The van der Waals surface area contributed by atoms with E-state index in [1.165, 1.54) is 42.7 Å². The zero-order valence-corrected chi connectivity index (χ0v) is 10.4. The number of ether oxygens (including phenoxy) is 2. The third-order valence-electron chi connectivity index (χ3n) is 2.06. The van der Waals surface area contributed by atoms with Crippen LogP contribution in [0.1, 0.15) is 0 Å². The van der Waals surface area contributed by atoms with Crippen molar-refractivity contribution < 1.29 is 27.6 Å². The van der Waals surface area contributed by atoms with Gasteiger partial charge in [0.25, 0.3) is 0 Å². The van der Waals surface area contributed by atoms with Crippen LogP contribution < -0.4 is 0 Å². The first-order chi connectivity index (χ1) is 6.58. The van der Waals surface area contributed by atoms with Crippen molar-refractivity contribution in [1.82, 2.24) is 0 Å². The van der Waals surface area contributed by atoms with Gasteiger partial charge < -0.3 is 0 Å². The van der Waals surface area contributed by atoms with Crippen molar-refractivity contribution in [2.24, 2.45) is 0 Å². The molecular formula is C7H19O6P. The fraction of sp³-hybridized carbons (Fsp3) is 1.00. The molecule has 0 atom stereocenters. The van der Waals surface area contributed by atoms with Crippen LogP contribution in [0.25, 0.3) is 0 Å². The third-order valence-corrected chi connectivity index (χ3v) is 5.81. The Morgan fingerprint density at radius 3 is 1.00 bits per heavy atom. The van der Waals surface area contributed by atoms with E-state index in [1.54, 1.807) is 0 Å². The standard InChI is InChI=1S/C7H19O6P/c1-8-7(9-2)14(10-3,11-4,12-5)13-6/h7H,1-6H3. The zero-order chi connectivity index (χ0) is 11.3. The summed E-state index contributed by atoms with van der Waals surface area (Å²) in [6.45, 7) is 0. The Balaban J connectivity index is 5.19. The SMILES string of the molecule is COC(OC)P(OC)(OC)(OC)OC. The van der Waals surface area contributed by atoms with Gasteiger partial charge in [-0.05, 0) is 0 Å². The molecule has 0 bridgehead atoms. The number of methoxy groups -OCH3 is 2. The topological polar surface area (TPSA) is 55.4 Å². The molecule has 0 aromatic heterocycles. The molecule has 14 heavy (non-hydrogen) atoms. The van der Waals surface area contributed by atoms with Crippen LogP contribution in [0, 0.1) is 0 Å². The molecule has 0 unspecified atom stereocenters. The summed E-state index contributed by atoms with van der Waals surface area (Å²) >= 11 is 0. The van der Waals surface area contributed by atoms with Gasteiger partial charge in [-0.3, -0.25) is 0 Å². The summed E-state index contributed by atoms with van der Waals surface area (Å²) in [5.74, 6) is 0. The molecule has 0 heterocycles. The average molecular weight is 230 g/mol. The van der Waals surface area contributed by atoms with Crippen LogP contribution in [-0.4, -0.2) is 48.7 Å². The van der Waals surface area contributed by atoms with Gasteiger partial charge in [-0.25, -0.2) is 0 Å². The first-order valence-corrected chi connectivity index (χ1v) is 5.89. The van der Waals surface area contributed by atoms with Gasteiger partial charge in [-0.15, -0.1) is 0 Å². The quantitative estimate of drug-likeness (QED) is 0.486. The fourth-order valence-corrected chi connectivity index (χ4v) is 3.50. The Morgan fingerprint density at radius 1 is 0.643 bits per heavy atom. The molecule has 0 radical (unpaired) electrons. The van der Waals surface area contributed by atoms with E-state index in [0.29, 0.717) is 0 Å². The van der Waals surface area contributed by atoms with Crippen molar-refractivity contribution in [1.29, 1.82) is 0 Å². The summed E-state index contributed by atoms with van der Waals surface area (Å²) in [5.41, 5.74) is 0. The second kappa shape index (κ2) is 5.32. The van der Waals surface area contributed by atoms with Gasteiger partial charge >= 0.3 is 83.8 Å². The average Bonchev–Trinajstić information content (AvgIpc) is 2.27. The first kappa shape index (κ1) is 14.2. The monoisotopic (exact) mass is 230 g/mol. The summed E-state index contributed by atoms with van der Waals surface area (Å²) in [6, 6.07) is -0.856. The molecule has 0 fully saturated rings. The molecule has 0 aliphatic heterocycles. The van der Waals surface area contributed by atoms with Gasteiger partial charge in [0.15, 0.2) is 0 Å². The van der Waals surface area contributed by atoms with Crippen LogP contribution >= 0.6 is 7.51 Å². The van der Waals surface area contributed by atoms with E-state index in [9.17, 15) is 0 Å². The van der Waals surface area contributed by atoms with Gasteiger partial charge in [0.1, 0.15) is 0 Å². The Hall–Kier alpha value is 0.190. The first-order valence-electron chi connectivity index (χ1n) is 3.91. The second-order valence-corrected chi connectivity index (χ2v) is 6.00. The van der Waals surface area contributed by atoms with Crippen molar-refractivity contribution in [2.45, 2.75) is 6.03 Å². The van der Waals surface area contributed by atoms with Crippen LogP contribution in [-0.2, 0) is 27.6 Å². The van der Waals surface area contributed by atoms with Crippen LogP contribution in [0.15, 0.2) is 0 Å². The predicted molar refractivity (Wildman–Crippen MR) is 52.8 cm³/mol. The van der Waals surface area contributed by atoms with Gasteiger partial charge in [0.2, 0.25) is 0 Å². The van der Waals surface area contributed by atoms with Gasteiger partial charge in [0.05, 0.1) is 0 Å². The van der Waals surface area contributed by atoms with Crippen LogP contribution in [0.3, 0.4) is 0 Å². The Morgan fingerprint density at radius 2 is 0.929 bits per heavy atom. The van der Waals surface area contributed by atoms with E-state index < -0.39 is 13.5 Å². The van der Waals surface area contributed by atoms with Gasteiger partial charge in [-0.1, -0.05) is 0 Å². The van der Waals surface area contributed by atoms with E-state index in [1.807, 2.05) is 0 Å². The van der Waals surface area contributed by atoms with E-state index in [0.717, 1.165) is 0 Å². The van der Waals surface area contributed by atoms with E-state index in [-0.39, 0.29) is 0 Å². The van der Waals surface area contributed by atoms with Gasteiger partial charge in [-0.2, -0.15) is 0 Å². The zero-order valence-electron chi connectivity index (χ0n) is 9.47. The van der Waals surface area contributed by atoms with E-state index in [2.05, 4.69) is 0 Å². The van der Waals surface area contributed by atoms with Crippen molar-refractivity contribution in [3.8, 4) is 0 Å². The Bertz CT molecular complexity index is 144. The summed E-state index contributed by atoms with van der Waals surface area (Å²) in [4.78, 5) is 0. The molecule has 0 aromatic carbocycles. The molecule has 88 valence electrons. The van der Waals surface area contributed by atoms with E-state index in [4.69, 9.17) is 27.6 Å². The summed E-state index contributed by atoms with van der Waals surface area (Å²) in [7, 11) is 4.77. The second-order valence-electron chi connectivity index (χ2n) is 2.38. The third kappa shape index (κ3) is 1.92. The molecule has 0 aliphatic carbocycles. The van der Waals surface area contributed by atoms with Crippen molar-refractivity contribution in [3.63, 3.8) is 0 Å². The molecule has 0 rings (SSSR count). The Labute approximate surface area is 84.6 Å². The number of hydrogen-bond donors (Lipinski definition) is 0. The maximum atomic E-state index is 5.23. The molecule has 0 spiro atoms.